The van der Waals surface area contributed by atoms with Crippen molar-refractivity contribution in [2.24, 2.45) is 0 Å². The lowest BCUT2D eigenvalue weighted by atomic mass is 9.36. The minimum atomic E-state index is -0.0292. The summed E-state index contributed by atoms with van der Waals surface area (Å²) in [5.41, 5.74) is 23.5. The van der Waals surface area contributed by atoms with Gasteiger partial charge in [0.05, 0.1) is 5.69 Å². The van der Waals surface area contributed by atoms with Crippen molar-refractivity contribution in [3.63, 3.8) is 0 Å². The standard InChI is InChI=1S/C72H70BN3S/c1-69(2,3)49-26-34-53(35-27-49)74(54-36-28-50(29-37-54)70(4,5)6)57-42-44-61-64(46-57)75(55-38-30-51(31-39-55)71(7,8)9)62-23-18-24-63-66(62)73(61)68-67(76(63)56-40-32-52(33-41-56)72(10,11)12)60-43-25-48(45-65(60)77-68)59-22-17-16-21-58(59)47-19-14-13-15-20-47/h13-46H,1-12H3. The molecule has 9 aromatic carbocycles. The zero-order valence-corrected chi connectivity index (χ0v) is 47.8. The van der Waals surface area contributed by atoms with Crippen LogP contribution in [0.3, 0.4) is 0 Å². The van der Waals surface area contributed by atoms with Crippen LogP contribution in [0.15, 0.2) is 206 Å². The highest BCUT2D eigenvalue weighted by molar-refractivity contribution is 7.33. The quantitative estimate of drug-likeness (QED) is 0.147. The molecule has 3 nitrogen and oxygen atoms in total. The lowest BCUT2D eigenvalue weighted by Crippen LogP contribution is -2.60. The Kier molecular flexibility index (Phi) is 12.1. The highest BCUT2D eigenvalue weighted by atomic mass is 32.1. The van der Waals surface area contributed by atoms with Gasteiger partial charge in [0, 0.05) is 60.4 Å². The Bertz CT molecular complexity index is 3770. The summed E-state index contributed by atoms with van der Waals surface area (Å²) in [6.07, 6.45) is 0. The predicted octanol–water partition coefficient (Wildman–Crippen LogP) is 19.0. The smallest absolute Gasteiger partial charge is 0.264 e. The molecule has 12 rings (SSSR count). The summed E-state index contributed by atoms with van der Waals surface area (Å²) in [4.78, 5) is 7.59. The number of anilines is 9. The fourth-order valence-corrected chi connectivity index (χ4v) is 13.1. The maximum absolute atomic E-state index is 2.58. The fourth-order valence-electron chi connectivity index (χ4n) is 11.7. The van der Waals surface area contributed by atoms with E-state index in [1.54, 1.807) is 0 Å². The van der Waals surface area contributed by atoms with Crippen molar-refractivity contribution in [1.29, 1.82) is 0 Å². The second-order valence-electron chi connectivity index (χ2n) is 25.5. The van der Waals surface area contributed by atoms with E-state index in [9.17, 15) is 0 Å². The first kappa shape index (κ1) is 50.2. The van der Waals surface area contributed by atoms with Crippen LogP contribution in [-0.2, 0) is 21.7 Å². The molecule has 10 aromatic rings. The average molecular weight is 1020 g/mol. The van der Waals surface area contributed by atoms with Crippen LogP contribution in [0.1, 0.15) is 105 Å². The summed E-state index contributed by atoms with van der Waals surface area (Å²) in [6, 6.07) is 78.4. The Balaban J connectivity index is 1.11. The molecule has 0 bridgehead atoms. The third-order valence-corrected chi connectivity index (χ3v) is 17.3. The van der Waals surface area contributed by atoms with Crippen LogP contribution >= 0.6 is 11.3 Å². The Morgan fingerprint density at radius 2 is 0.831 bits per heavy atom. The number of hydrogen-bond donors (Lipinski definition) is 0. The van der Waals surface area contributed by atoms with E-state index in [-0.39, 0.29) is 28.4 Å². The van der Waals surface area contributed by atoms with Crippen molar-refractivity contribution in [2.75, 3.05) is 14.7 Å². The highest BCUT2D eigenvalue weighted by Gasteiger charge is 2.45. The van der Waals surface area contributed by atoms with E-state index in [1.807, 2.05) is 11.3 Å². The van der Waals surface area contributed by atoms with Crippen LogP contribution in [0.25, 0.3) is 32.3 Å². The molecule has 2 aliphatic rings. The molecule has 0 saturated heterocycles. The Labute approximate surface area is 462 Å². The molecule has 382 valence electrons. The van der Waals surface area contributed by atoms with Crippen LogP contribution < -0.4 is 30.4 Å². The minimum Gasteiger partial charge on any atom is -0.311 e. The van der Waals surface area contributed by atoms with Crippen LogP contribution in [-0.4, -0.2) is 6.71 Å². The monoisotopic (exact) mass is 1020 g/mol. The minimum absolute atomic E-state index is 0.0121. The number of benzene rings is 9. The summed E-state index contributed by atoms with van der Waals surface area (Å²) in [7, 11) is 0. The van der Waals surface area contributed by atoms with E-state index >= 15 is 0 Å². The Morgan fingerprint density at radius 1 is 0.377 bits per heavy atom. The average Bonchev–Trinajstić information content (AvgIpc) is 4.07. The van der Waals surface area contributed by atoms with Gasteiger partial charge >= 0.3 is 0 Å². The van der Waals surface area contributed by atoms with Crippen LogP contribution in [0.2, 0.25) is 0 Å². The molecule has 0 aliphatic carbocycles. The van der Waals surface area contributed by atoms with Crippen LogP contribution in [0.5, 0.6) is 0 Å². The Morgan fingerprint density at radius 3 is 1.35 bits per heavy atom. The van der Waals surface area contributed by atoms with Gasteiger partial charge in [0.15, 0.2) is 0 Å². The number of hydrogen-bond acceptors (Lipinski definition) is 4. The van der Waals surface area contributed by atoms with E-state index in [4.69, 9.17) is 0 Å². The molecule has 5 heteroatoms. The number of nitrogens with zero attached hydrogens (tertiary/aromatic N) is 3. The fraction of sp³-hybridized carbons (Fsp3) is 0.222. The second-order valence-corrected chi connectivity index (χ2v) is 26.6. The van der Waals surface area contributed by atoms with Gasteiger partial charge in [-0.15, -0.1) is 11.3 Å². The Hall–Kier alpha value is -7.60. The third-order valence-electron chi connectivity index (χ3n) is 16.1. The molecular formula is C72H70BN3S. The molecule has 0 radical (unpaired) electrons. The van der Waals surface area contributed by atoms with Gasteiger partial charge in [0.2, 0.25) is 0 Å². The molecule has 3 heterocycles. The van der Waals surface area contributed by atoms with Gasteiger partial charge in [-0.1, -0.05) is 210 Å². The van der Waals surface area contributed by atoms with Gasteiger partial charge in [-0.05, 0) is 156 Å². The maximum atomic E-state index is 2.58. The first-order valence-corrected chi connectivity index (χ1v) is 28.3. The van der Waals surface area contributed by atoms with Crippen molar-refractivity contribution in [3.05, 3.63) is 229 Å². The largest absolute Gasteiger partial charge is 0.311 e. The van der Waals surface area contributed by atoms with Gasteiger partial charge in [0.25, 0.3) is 6.71 Å². The summed E-state index contributed by atoms with van der Waals surface area (Å²) in [5.74, 6) is 0. The molecule has 1 aromatic heterocycles. The topological polar surface area (TPSA) is 9.72 Å². The predicted molar refractivity (Wildman–Crippen MR) is 336 cm³/mol. The summed E-state index contributed by atoms with van der Waals surface area (Å²) >= 11 is 1.96. The molecule has 0 amide bonds. The van der Waals surface area contributed by atoms with E-state index in [2.05, 4.69) is 304 Å². The lowest BCUT2D eigenvalue weighted by molar-refractivity contribution is 0.590. The lowest BCUT2D eigenvalue weighted by Gasteiger charge is -2.43. The van der Waals surface area contributed by atoms with Crippen molar-refractivity contribution < 1.29 is 0 Å². The van der Waals surface area contributed by atoms with Gasteiger partial charge in [-0.3, -0.25) is 0 Å². The molecule has 0 saturated carbocycles. The van der Waals surface area contributed by atoms with E-state index < -0.39 is 0 Å². The van der Waals surface area contributed by atoms with E-state index in [0.29, 0.717) is 0 Å². The number of rotatable bonds is 7. The first-order chi connectivity index (χ1) is 36.7. The van der Waals surface area contributed by atoms with Gasteiger partial charge in [-0.2, -0.15) is 0 Å². The molecule has 0 N–H and O–H groups in total. The third kappa shape index (κ3) is 8.97. The van der Waals surface area contributed by atoms with Gasteiger partial charge in [-0.25, -0.2) is 0 Å². The van der Waals surface area contributed by atoms with Gasteiger partial charge in [0.1, 0.15) is 0 Å². The van der Waals surface area contributed by atoms with Crippen molar-refractivity contribution in [3.8, 4) is 22.3 Å². The van der Waals surface area contributed by atoms with Crippen molar-refractivity contribution in [2.45, 2.75) is 105 Å². The molecule has 0 unspecified atom stereocenters. The molecule has 0 spiro atoms. The SMILES string of the molecule is CC(C)(C)c1ccc(N(c2ccc(C(C)(C)C)cc2)c2ccc3c(c2)N(c2ccc(C(C)(C)C)cc2)c2cccc4c2B3c2sc3cc(-c5ccccc5-c5ccccc5)ccc3c2N4c2ccc(C(C)(C)C)cc2)cc1. The summed E-state index contributed by atoms with van der Waals surface area (Å²) in [6.45, 7) is 27.5. The normalized spacial score (nSPS) is 13.4. The molecule has 0 atom stereocenters. The summed E-state index contributed by atoms with van der Waals surface area (Å²) < 4.78 is 2.64. The number of thiophene rings is 1. The zero-order chi connectivity index (χ0) is 53.8. The van der Waals surface area contributed by atoms with Crippen molar-refractivity contribution >= 4 is 95.0 Å². The highest BCUT2D eigenvalue weighted by Crippen LogP contribution is 2.50. The number of fused-ring (bicyclic) bond motifs is 6. The zero-order valence-electron chi connectivity index (χ0n) is 47.0. The van der Waals surface area contributed by atoms with Crippen LogP contribution in [0.4, 0.5) is 51.2 Å². The van der Waals surface area contributed by atoms with E-state index in [1.165, 1.54) is 93.0 Å². The molecular weight excluding hydrogens is 950 g/mol. The molecule has 0 fully saturated rings. The molecule has 2 aliphatic heterocycles. The van der Waals surface area contributed by atoms with E-state index in [0.717, 1.165) is 28.4 Å². The first-order valence-electron chi connectivity index (χ1n) is 27.5. The van der Waals surface area contributed by atoms with Gasteiger partial charge < -0.3 is 14.7 Å². The molecule has 77 heavy (non-hydrogen) atoms. The maximum Gasteiger partial charge on any atom is 0.264 e. The van der Waals surface area contributed by atoms with Crippen molar-refractivity contribution in [1.82, 2.24) is 0 Å². The second kappa shape index (κ2) is 18.6. The van der Waals surface area contributed by atoms with Crippen LogP contribution in [0, 0.1) is 0 Å². The summed E-state index contributed by atoms with van der Waals surface area (Å²) in [5, 5.41) is 1.27.